The van der Waals surface area contributed by atoms with Gasteiger partial charge in [-0.3, -0.25) is 4.79 Å². The van der Waals surface area contributed by atoms with E-state index in [0.717, 1.165) is 19.1 Å². The van der Waals surface area contributed by atoms with Gasteiger partial charge in [0.25, 0.3) is 0 Å². The lowest BCUT2D eigenvalue weighted by Crippen LogP contribution is -2.53. The fraction of sp³-hybridized carbons (Fsp3) is 0.588. The second-order valence-electron chi connectivity index (χ2n) is 6.98. The van der Waals surface area contributed by atoms with Crippen molar-refractivity contribution in [1.29, 1.82) is 0 Å². The lowest BCUT2D eigenvalue weighted by atomic mass is 9.91. The molecule has 2 saturated carbocycles. The van der Waals surface area contributed by atoms with Gasteiger partial charge in [-0.25, -0.2) is 21.9 Å². The number of carbonyl (C=O) groups excluding carboxylic acids is 1. The minimum absolute atomic E-state index is 0.0305. The summed E-state index contributed by atoms with van der Waals surface area (Å²) in [5.41, 5.74) is -0.0305. The fourth-order valence-corrected chi connectivity index (χ4v) is 4.51. The van der Waals surface area contributed by atoms with E-state index < -0.39 is 33.5 Å². The first-order chi connectivity index (χ1) is 11.8. The van der Waals surface area contributed by atoms with Crippen LogP contribution in [0.25, 0.3) is 0 Å². The molecule has 1 aromatic carbocycles. The van der Waals surface area contributed by atoms with Gasteiger partial charge in [-0.05, 0) is 31.4 Å². The summed E-state index contributed by atoms with van der Waals surface area (Å²) in [4.78, 5) is 12.5. The predicted octanol–water partition coefficient (Wildman–Crippen LogP) is 2.04. The highest BCUT2D eigenvalue weighted by molar-refractivity contribution is 7.88. The summed E-state index contributed by atoms with van der Waals surface area (Å²) in [6.07, 6.45) is 4.65. The van der Waals surface area contributed by atoms with Crippen LogP contribution < -0.4 is 10.0 Å². The number of benzene rings is 1. The number of amides is 1. The molecule has 138 valence electrons. The van der Waals surface area contributed by atoms with Crippen molar-refractivity contribution in [2.24, 2.45) is 5.92 Å². The Morgan fingerprint density at radius 2 is 1.72 bits per heavy atom. The molecule has 0 unspecified atom stereocenters. The van der Waals surface area contributed by atoms with E-state index in [4.69, 9.17) is 0 Å². The smallest absolute Gasteiger partial charge is 0.224 e. The zero-order valence-electron chi connectivity index (χ0n) is 14.0. The summed E-state index contributed by atoms with van der Waals surface area (Å²) in [6, 6.07) is 3.06. The molecule has 2 aliphatic carbocycles. The van der Waals surface area contributed by atoms with E-state index in [9.17, 15) is 22.0 Å². The lowest BCUT2D eigenvalue weighted by molar-refractivity contribution is -0.123. The molecule has 5 nitrogen and oxygen atoms in total. The van der Waals surface area contributed by atoms with Crippen molar-refractivity contribution in [1.82, 2.24) is 10.0 Å². The Labute approximate surface area is 146 Å². The van der Waals surface area contributed by atoms with Gasteiger partial charge in [-0.2, -0.15) is 0 Å². The monoisotopic (exact) mass is 372 g/mol. The van der Waals surface area contributed by atoms with Crippen LogP contribution in [0.4, 0.5) is 8.78 Å². The first kappa shape index (κ1) is 18.3. The summed E-state index contributed by atoms with van der Waals surface area (Å²) in [6.45, 7) is 0. The highest BCUT2D eigenvalue weighted by Crippen LogP contribution is 2.49. The Kier molecular flexibility index (Phi) is 5.11. The third-order valence-electron chi connectivity index (χ3n) is 4.96. The summed E-state index contributed by atoms with van der Waals surface area (Å²) < 4.78 is 53.2. The van der Waals surface area contributed by atoms with Gasteiger partial charge >= 0.3 is 0 Å². The Hall–Kier alpha value is -1.54. The van der Waals surface area contributed by atoms with Crippen molar-refractivity contribution in [3.8, 4) is 0 Å². The molecule has 8 heteroatoms. The largest absolute Gasteiger partial charge is 0.352 e. The highest BCUT2D eigenvalue weighted by atomic mass is 32.2. The SMILES string of the molecule is CS(=O)(=O)N[C@@H]1CCCC[C@@H]1NC(=O)[C@@H]1C[C@@H]1c1c(F)cccc1F. The maximum Gasteiger partial charge on any atom is 0.224 e. The van der Waals surface area contributed by atoms with Crippen molar-refractivity contribution < 1.29 is 22.0 Å². The van der Waals surface area contributed by atoms with E-state index in [0.29, 0.717) is 19.3 Å². The van der Waals surface area contributed by atoms with E-state index in [-0.39, 0.29) is 23.6 Å². The van der Waals surface area contributed by atoms with Crippen molar-refractivity contribution in [2.45, 2.75) is 50.1 Å². The number of rotatable bonds is 5. The number of halogens is 2. The van der Waals surface area contributed by atoms with E-state index >= 15 is 0 Å². The predicted molar refractivity (Wildman–Crippen MR) is 89.4 cm³/mol. The van der Waals surface area contributed by atoms with Crippen LogP contribution in [0.5, 0.6) is 0 Å². The quantitative estimate of drug-likeness (QED) is 0.831. The summed E-state index contributed by atoms with van der Waals surface area (Å²) in [5.74, 6) is -2.44. The van der Waals surface area contributed by atoms with Crippen molar-refractivity contribution in [3.63, 3.8) is 0 Å². The van der Waals surface area contributed by atoms with Gasteiger partial charge in [0.1, 0.15) is 11.6 Å². The highest BCUT2D eigenvalue weighted by Gasteiger charge is 2.47. The van der Waals surface area contributed by atoms with Crippen LogP contribution in [-0.4, -0.2) is 32.7 Å². The van der Waals surface area contributed by atoms with Gasteiger partial charge in [0.05, 0.1) is 6.26 Å². The van der Waals surface area contributed by atoms with Crippen molar-refractivity contribution in [3.05, 3.63) is 35.4 Å². The molecule has 0 radical (unpaired) electrons. The minimum Gasteiger partial charge on any atom is -0.352 e. The first-order valence-corrected chi connectivity index (χ1v) is 10.4. The van der Waals surface area contributed by atoms with Gasteiger partial charge in [-0.15, -0.1) is 0 Å². The van der Waals surface area contributed by atoms with Crippen LogP contribution >= 0.6 is 0 Å². The van der Waals surface area contributed by atoms with Crippen LogP contribution in [0.1, 0.15) is 43.6 Å². The maximum absolute atomic E-state index is 13.8. The lowest BCUT2D eigenvalue weighted by Gasteiger charge is -2.32. The molecule has 0 aromatic heterocycles. The Bertz CT molecular complexity index is 749. The van der Waals surface area contributed by atoms with E-state index in [1.165, 1.54) is 18.2 Å². The average Bonchev–Trinajstić information content (AvgIpc) is 3.28. The average molecular weight is 372 g/mol. The number of sulfonamides is 1. The molecule has 2 N–H and O–H groups in total. The number of hydrogen-bond acceptors (Lipinski definition) is 3. The molecule has 1 amide bonds. The van der Waals surface area contributed by atoms with Crippen LogP contribution in [0.3, 0.4) is 0 Å². The molecule has 1 aromatic rings. The summed E-state index contributed by atoms with van der Waals surface area (Å²) in [5, 5.41) is 2.88. The molecule has 0 spiro atoms. The second kappa shape index (κ2) is 6.99. The topological polar surface area (TPSA) is 75.3 Å². The molecule has 25 heavy (non-hydrogen) atoms. The molecule has 2 fully saturated rings. The third-order valence-corrected chi connectivity index (χ3v) is 5.69. The third kappa shape index (κ3) is 4.36. The molecule has 0 heterocycles. The molecule has 3 rings (SSSR count). The molecule has 4 atom stereocenters. The Balaban J connectivity index is 1.64. The second-order valence-corrected chi connectivity index (χ2v) is 8.76. The number of carbonyl (C=O) groups is 1. The first-order valence-electron chi connectivity index (χ1n) is 8.48. The zero-order valence-corrected chi connectivity index (χ0v) is 14.8. The van der Waals surface area contributed by atoms with Crippen molar-refractivity contribution >= 4 is 15.9 Å². The van der Waals surface area contributed by atoms with Gasteiger partial charge in [0.2, 0.25) is 15.9 Å². The number of nitrogens with one attached hydrogen (secondary N) is 2. The van der Waals surface area contributed by atoms with Gasteiger partial charge in [0.15, 0.2) is 0 Å². The molecule has 0 saturated heterocycles. The molecule has 2 aliphatic rings. The summed E-state index contributed by atoms with van der Waals surface area (Å²) >= 11 is 0. The molecular weight excluding hydrogens is 350 g/mol. The fourth-order valence-electron chi connectivity index (χ4n) is 3.68. The Morgan fingerprint density at radius 3 is 2.32 bits per heavy atom. The van der Waals surface area contributed by atoms with Crippen molar-refractivity contribution in [2.75, 3.05) is 6.26 Å². The van der Waals surface area contributed by atoms with E-state index in [2.05, 4.69) is 10.0 Å². The molecule has 0 bridgehead atoms. The molecular formula is C17H22F2N2O3S. The van der Waals surface area contributed by atoms with E-state index in [1.807, 2.05) is 0 Å². The normalized spacial score (nSPS) is 29.2. The van der Waals surface area contributed by atoms with Gasteiger partial charge < -0.3 is 5.32 Å². The molecule has 0 aliphatic heterocycles. The van der Waals surface area contributed by atoms with Crippen LogP contribution in [0.2, 0.25) is 0 Å². The number of hydrogen-bond donors (Lipinski definition) is 2. The van der Waals surface area contributed by atoms with E-state index in [1.54, 1.807) is 0 Å². The summed E-state index contributed by atoms with van der Waals surface area (Å²) in [7, 11) is -3.36. The Morgan fingerprint density at radius 1 is 1.12 bits per heavy atom. The zero-order chi connectivity index (χ0) is 18.2. The van der Waals surface area contributed by atoms with Gasteiger partial charge in [-0.1, -0.05) is 18.9 Å². The standard InChI is InChI=1S/C17H22F2N2O3S/c1-25(23,24)21-15-8-3-2-7-14(15)20-17(22)11-9-10(11)16-12(18)5-4-6-13(16)19/h4-6,10-11,14-15,21H,2-3,7-9H2,1H3,(H,20,22)/t10-,11+,14-,15+/m0/s1. The maximum atomic E-state index is 13.8. The van der Waals surface area contributed by atoms with Crippen LogP contribution in [0, 0.1) is 17.6 Å². The van der Waals surface area contributed by atoms with Crippen LogP contribution in [0.15, 0.2) is 18.2 Å². The minimum atomic E-state index is -3.36. The van der Waals surface area contributed by atoms with Gasteiger partial charge in [0, 0.05) is 29.5 Å². The van der Waals surface area contributed by atoms with Crippen LogP contribution in [-0.2, 0) is 14.8 Å².